The van der Waals surface area contributed by atoms with Crippen LogP contribution in [0.15, 0.2) is 44.4 Å². The standard InChI is InChI=1S/C14H15BrN2O2S2.ClH/c15-12-6-8-20-14(12)21(18,19)17-9-13-11-4-2-1-3-10(11)5-7-16-13;/h1-4,6,8,13,16-17H,5,7,9H2;1H. The molecule has 1 aliphatic heterocycles. The van der Waals surface area contributed by atoms with E-state index in [0.717, 1.165) is 13.0 Å². The van der Waals surface area contributed by atoms with Gasteiger partial charge in [-0.3, -0.25) is 0 Å². The lowest BCUT2D eigenvalue weighted by Crippen LogP contribution is -2.38. The third-order valence-corrected chi connectivity index (χ3v) is 7.62. The van der Waals surface area contributed by atoms with E-state index in [1.807, 2.05) is 12.1 Å². The van der Waals surface area contributed by atoms with Crippen molar-refractivity contribution in [2.75, 3.05) is 13.1 Å². The molecule has 120 valence electrons. The van der Waals surface area contributed by atoms with Crippen LogP contribution in [0.3, 0.4) is 0 Å². The highest BCUT2D eigenvalue weighted by Gasteiger charge is 2.24. The van der Waals surface area contributed by atoms with Gasteiger partial charge in [-0.05, 0) is 51.5 Å². The molecule has 0 aliphatic carbocycles. The lowest BCUT2D eigenvalue weighted by Gasteiger charge is -2.27. The zero-order valence-corrected chi connectivity index (χ0v) is 15.6. The molecule has 0 saturated heterocycles. The van der Waals surface area contributed by atoms with Gasteiger partial charge in [-0.1, -0.05) is 24.3 Å². The number of rotatable bonds is 4. The second-order valence-corrected chi connectivity index (χ2v) is 8.60. The molecule has 1 atom stereocenters. The number of halogens is 2. The lowest BCUT2D eigenvalue weighted by molar-refractivity contribution is 0.492. The fourth-order valence-electron chi connectivity index (χ4n) is 2.51. The second-order valence-electron chi connectivity index (χ2n) is 4.86. The largest absolute Gasteiger partial charge is 0.308 e. The molecule has 0 radical (unpaired) electrons. The van der Waals surface area contributed by atoms with Gasteiger partial charge in [0.2, 0.25) is 0 Å². The zero-order valence-electron chi connectivity index (χ0n) is 11.6. The minimum atomic E-state index is -3.47. The third-order valence-electron chi connectivity index (χ3n) is 3.52. The van der Waals surface area contributed by atoms with Gasteiger partial charge in [0.1, 0.15) is 4.21 Å². The first-order valence-corrected chi connectivity index (χ1v) is 9.77. The summed E-state index contributed by atoms with van der Waals surface area (Å²) in [5, 5.41) is 5.13. The Bertz CT molecular complexity index is 749. The van der Waals surface area contributed by atoms with Gasteiger partial charge < -0.3 is 5.32 Å². The van der Waals surface area contributed by atoms with Crippen LogP contribution in [-0.4, -0.2) is 21.5 Å². The van der Waals surface area contributed by atoms with Crippen molar-refractivity contribution in [2.24, 2.45) is 0 Å². The monoisotopic (exact) mass is 422 g/mol. The summed E-state index contributed by atoms with van der Waals surface area (Å²) in [6.45, 7) is 1.22. The van der Waals surface area contributed by atoms with Crippen molar-refractivity contribution in [3.8, 4) is 0 Å². The quantitative estimate of drug-likeness (QED) is 0.794. The van der Waals surface area contributed by atoms with Crippen molar-refractivity contribution in [2.45, 2.75) is 16.7 Å². The van der Waals surface area contributed by atoms with Gasteiger partial charge >= 0.3 is 0 Å². The minimum Gasteiger partial charge on any atom is -0.308 e. The Morgan fingerprint density at radius 1 is 1.32 bits per heavy atom. The van der Waals surface area contributed by atoms with Crippen molar-refractivity contribution < 1.29 is 8.42 Å². The molecule has 1 aromatic heterocycles. The van der Waals surface area contributed by atoms with Gasteiger partial charge in [0.25, 0.3) is 10.0 Å². The molecule has 22 heavy (non-hydrogen) atoms. The van der Waals surface area contributed by atoms with Gasteiger partial charge in [-0.15, -0.1) is 23.7 Å². The molecule has 0 bridgehead atoms. The first-order valence-electron chi connectivity index (χ1n) is 6.62. The molecule has 8 heteroatoms. The van der Waals surface area contributed by atoms with Gasteiger partial charge in [0.05, 0.1) is 0 Å². The van der Waals surface area contributed by atoms with E-state index in [-0.39, 0.29) is 18.4 Å². The van der Waals surface area contributed by atoms with Crippen molar-refractivity contribution in [3.05, 3.63) is 51.3 Å². The smallest absolute Gasteiger partial charge is 0.251 e. The Balaban J connectivity index is 0.00000176. The molecule has 2 aromatic rings. The molecule has 3 rings (SSSR count). The molecule has 1 aliphatic rings. The van der Waals surface area contributed by atoms with Gasteiger partial charge in [0, 0.05) is 17.1 Å². The Labute approximate surface area is 148 Å². The highest BCUT2D eigenvalue weighted by molar-refractivity contribution is 9.10. The van der Waals surface area contributed by atoms with E-state index in [0.29, 0.717) is 15.2 Å². The molecule has 4 nitrogen and oxygen atoms in total. The SMILES string of the molecule is Cl.O=S(=O)(NCC1NCCc2ccccc21)c1sccc1Br. The highest BCUT2D eigenvalue weighted by Crippen LogP contribution is 2.28. The summed E-state index contributed by atoms with van der Waals surface area (Å²) in [4.78, 5) is 0. The molecular formula is C14H16BrClN2O2S2. The van der Waals surface area contributed by atoms with Crippen LogP contribution < -0.4 is 10.0 Å². The van der Waals surface area contributed by atoms with Crippen LogP contribution >= 0.6 is 39.7 Å². The van der Waals surface area contributed by atoms with E-state index in [1.165, 1.54) is 22.5 Å². The van der Waals surface area contributed by atoms with Crippen LogP contribution in [0.4, 0.5) is 0 Å². The van der Waals surface area contributed by atoms with E-state index in [2.05, 4.69) is 38.1 Å². The van der Waals surface area contributed by atoms with E-state index in [4.69, 9.17) is 0 Å². The molecule has 0 fully saturated rings. The Morgan fingerprint density at radius 3 is 2.82 bits per heavy atom. The Morgan fingerprint density at radius 2 is 2.09 bits per heavy atom. The van der Waals surface area contributed by atoms with E-state index >= 15 is 0 Å². The van der Waals surface area contributed by atoms with Crippen molar-refractivity contribution in [3.63, 3.8) is 0 Å². The van der Waals surface area contributed by atoms with Crippen molar-refractivity contribution in [1.82, 2.24) is 10.0 Å². The molecule has 0 amide bonds. The van der Waals surface area contributed by atoms with Crippen LogP contribution in [0, 0.1) is 0 Å². The molecule has 2 N–H and O–H groups in total. The maximum atomic E-state index is 12.3. The van der Waals surface area contributed by atoms with Crippen LogP contribution in [0.5, 0.6) is 0 Å². The Hall–Kier alpha value is -0.440. The molecule has 0 saturated carbocycles. The molecule has 2 heterocycles. The van der Waals surface area contributed by atoms with Gasteiger partial charge in [-0.2, -0.15) is 0 Å². The van der Waals surface area contributed by atoms with Gasteiger partial charge in [0.15, 0.2) is 0 Å². The number of fused-ring (bicyclic) bond motifs is 1. The predicted molar refractivity (Wildman–Crippen MR) is 95.3 cm³/mol. The third kappa shape index (κ3) is 3.72. The fourth-order valence-corrected chi connectivity index (χ4v) is 5.93. The first-order chi connectivity index (χ1) is 10.1. The topological polar surface area (TPSA) is 58.2 Å². The van der Waals surface area contributed by atoms with Gasteiger partial charge in [-0.25, -0.2) is 13.1 Å². The number of nitrogens with one attached hydrogen (secondary N) is 2. The summed E-state index contributed by atoms with van der Waals surface area (Å²) in [6.07, 6.45) is 0.982. The van der Waals surface area contributed by atoms with E-state index < -0.39 is 10.0 Å². The van der Waals surface area contributed by atoms with Crippen LogP contribution in [0.2, 0.25) is 0 Å². The summed E-state index contributed by atoms with van der Waals surface area (Å²) in [5.41, 5.74) is 2.47. The summed E-state index contributed by atoms with van der Waals surface area (Å²) >= 11 is 4.48. The first kappa shape index (κ1) is 17.9. The number of thiophene rings is 1. The minimum absolute atomic E-state index is 0. The number of hydrogen-bond acceptors (Lipinski definition) is 4. The second kappa shape index (κ2) is 7.42. The fraction of sp³-hybridized carbons (Fsp3) is 0.286. The number of benzene rings is 1. The van der Waals surface area contributed by atoms with Crippen LogP contribution in [0.1, 0.15) is 17.2 Å². The summed E-state index contributed by atoms with van der Waals surface area (Å²) in [5.74, 6) is 0. The maximum Gasteiger partial charge on any atom is 0.251 e. The summed E-state index contributed by atoms with van der Waals surface area (Å²) in [6, 6.07) is 9.93. The number of sulfonamides is 1. The molecule has 0 spiro atoms. The highest BCUT2D eigenvalue weighted by atomic mass is 79.9. The van der Waals surface area contributed by atoms with Crippen molar-refractivity contribution >= 4 is 49.7 Å². The average molecular weight is 424 g/mol. The molecule has 1 aromatic carbocycles. The molecular weight excluding hydrogens is 408 g/mol. The summed E-state index contributed by atoms with van der Waals surface area (Å²) < 4.78 is 28.3. The van der Waals surface area contributed by atoms with E-state index in [1.54, 1.807) is 11.4 Å². The lowest BCUT2D eigenvalue weighted by atomic mass is 9.95. The summed E-state index contributed by atoms with van der Waals surface area (Å²) in [7, 11) is -3.47. The predicted octanol–water partition coefficient (Wildman–Crippen LogP) is 3.10. The average Bonchev–Trinajstić information content (AvgIpc) is 2.92. The number of hydrogen-bond donors (Lipinski definition) is 2. The zero-order chi connectivity index (χ0) is 14.9. The van der Waals surface area contributed by atoms with E-state index in [9.17, 15) is 8.42 Å². The van der Waals surface area contributed by atoms with Crippen LogP contribution in [0.25, 0.3) is 0 Å². The Kier molecular flexibility index (Phi) is 6.04. The van der Waals surface area contributed by atoms with Crippen LogP contribution in [-0.2, 0) is 16.4 Å². The maximum absolute atomic E-state index is 12.3. The normalized spacial score (nSPS) is 17.6. The van der Waals surface area contributed by atoms with Crippen molar-refractivity contribution in [1.29, 1.82) is 0 Å². The molecule has 1 unspecified atom stereocenters.